The van der Waals surface area contributed by atoms with E-state index < -0.39 is 6.61 Å². The van der Waals surface area contributed by atoms with Gasteiger partial charge in [0.15, 0.2) is 0 Å². The Morgan fingerprint density at radius 2 is 1.95 bits per heavy atom. The molecule has 2 rings (SSSR count). The first-order chi connectivity index (χ1) is 9.74. The van der Waals surface area contributed by atoms with E-state index in [0.717, 1.165) is 37.2 Å². The smallest absolute Gasteiger partial charge is 0.387 e. The summed E-state index contributed by atoms with van der Waals surface area (Å²) >= 11 is 0. The third-order valence-corrected chi connectivity index (χ3v) is 2.89. The number of rotatable bonds is 4. The quantitative estimate of drug-likeness (QED) is 0.681. The lowest BCUT2D eigenvalue weighted by molar-refractivity contribution is -0.0498. The number of ether oxygens (including phenoxy) is 1. The molecule has 0 aliphatic carbocycles. The average Bonchev–Trinajstić information content (AvgIpc) is 2.69. The van der Waals surface area contributed by atoms with Gasteiger partial charge in [-0.2, -0.15) is 13.9 Å². The largest absolute Gasteiger partial charge is 0.435 e. The maximum absolute atomic E-state index is 12.0. The third-order valence-electron chi connectivity index (χ3n) is 2.89. The van der Waals surface area contributed by atoms with Crippen LogP contribution in [0.2, 0.25) is 0 Å². The molecule has 1 aliphatic heterocycles. The van der Waals surface area contributed by atoms with Gasteiger partial charge < -0.3 is 4.74 Å². The van der Waals surface area contributed by atoms with Crippen LogP contribution in [-0.4, -0.2) is 25.2 Å². The van der Waals surface area contributed by atoms with Crippen LogP contribution in [0.15, 0.2) is 34.4 Å². The molecule has 21 heavy (non-hydrogen) atoms. The summed E-state index contributed by atoms with van der Waals surface area (Å²) in [7, 11) is 0. The van der Waals surface area contributed by atoms with Gasteiger partial charge in [0.05, 0.1) is 6.21 Å². The predicted octanol–water partition coefficient (Wildman–Crippen LogP) is 3.61. The van der Waals surface area contributed by atoms with Crippen LogP contribution < -0.4 is 10.2 Å². The average molecular weight is 318 g/mol. The Labute approximate surface area is 128 Å². The summed E-state index contributed by atoms with van der Waals surface area (Å²) < 4.78 is 28.3. The highest BCUT2D eigenvalue weighted by Gasteiger charge is 2.03. The van der Waals surface area contributed by atoms with E-state index in [1.54, 1.807) is 18.3 Å². The van der Waals surface area contributed by atoms with Crippen molar-refractivity contribution in [2.75, 3.05) is 6.54 Å². The van der Waals surface area contributed by atoms with E-state index in [1.807, 2.05) is 0 Å². The summed E-state index contributed by atoms with van der Waals surface area (Å²) in [6, 6.07) is 6.29. The maximum atomic E-state index is 12.0. The van der Waals surface area contributed by atoms with Crippen molar-refractivity contribution in [1.29, 1.82) is 0 Å². The van der Waals surface area contributed by atoms with E-state index in [9.17, 15) is 8.78 Å². The Balaban J connectivity index is 0.00000220. The minimum atomic E-state index is -2.80. The topological polar surface area (TPSA) is 46.0 Å². The van der Waals surface area contributed by atoms with Crippen molar-refractivity contribution >= 4 is 24.5 Å². The SMILES string of the molecule is Cl.FC(F)Oc1ccc(/C=N/NC2=NCCCCC2)cc1. The number of aliphatic imine (C=N–C) groups is 1. The molecule has 1 N–H and O–H groups in total. The number of amidine groups is 1. The molecular formula is C14H18ClF2N3O. The van der Waals surface area contributed by atoms with Gasteiger partial charge >= 0.3 is 6.61 Å². The first-order valence-corrected chi connectivity index (χ1v) is 6.61. The van der Waals surface area contributed by atoms with Crippen LogP contribution in [-0.2, 0) is 0 Å². The van der Waals surface area contributed by atoms with Crippen LogP contribution >= 0.6 is 12.4 Å². The Bertz CT molecular complexity index is 478. The molecule has 0 aromatic heterocycles. The van der Waals surface area contributed by atoms with E-state index in [1.165, 1.54) is 18.6 Å². The lowest BCUT2D eigenvalue weighted by Crippen LogP contribution is -2.17. The van der Waals surface area contributed by atoms with Crippen molar-refractivity contribution in [3.05, 3.63) is 29.8 Å². The molecule has 1 aliphatic rings. The number of halogens is 3. The van der Waals surface area contributed by atoms with Crippen molar-refractivity contribution in [3.8, 4) is 5.75 Å². The van der Waals surface area contributed by atoms with Crippen molar-refractivity contribution in [3.63, 3.8) is 0 Å². The van der Waals surface area contributed by atoms with E-state index in [0.29, 0.717) is 0 Å². The van der Waals surface area contributed by atoms with E-state index in [2.05, 4.69) is 20.3 Å². The van der Waals surface area contributed by atoms with Crippen LogP contribution in [0.1, 0.15) is 31.2 Å². The number of hydrogen-bond acceptors (Lipinski definition) is 4. The second kappa shape index (κ2) is 9.28. The molecule has 1 aromatic rings. The molecule has 0 atom stereocenters. The maximum Gasteiger partial charge on any atom is 0.387 e. The fraction of sp³-hybridized carbons (Fsp3) is 0.429. The second-order valence-electron chi connectivity index (χ2n) is 4.46. The van der Waals surface area contributed by atoms with Crippen molar-refractivity contribution in [2.45, 2.75) is 32.3 Å². The first-order valence-electron chi connectivity index (χ1n) is 6.61. The summed E-state index contributed by atoms with van der Waals surface area (Å²) in [6.07, 6.45) is 5.99. The molecule has 1 heterocycles. The predicted molar refractivity (Wildman–Crippen MR) is 81.8 cm³/mol. The van der Waals surface area contributed by atoms with Crippen LogP contribution in [0.4, 0.5) is 8.78 Å². The Morgan fingerprint density at radius 1 is 1.19 bits per heavy atom. The number of nitrogens with one attached hydrogen (secondary N) is 1. The fourth-order valence-electron chi connectivity index (χ4n) is 1.88. The van der Waals surface area contributed by atoms with Gasteiger partial charge in [-0.3, -0.25) is 10.4 Å². The van der Waals surface area contributed by atoms with E-state index in [4.69, 9.17) is 0 Å². The molecule has 0 bridgehead atoms. The standard InChI is InChI=1S/C14H17F2N3O.ClH/c15-14(16)20-12-7-5-11(6-8-12)10-18-19-13-4-2-1-3-9-17-13;/h5-8,10,14H,1-4,9H2,(H,17,19);1H/b18-10+;. The molecule has 0 spiro atoms. The number of hydrogen-bond donors (Lipinski definition) is 1. The highest BCUT2D eigenvalue weighted by Crippen LogP contribution is 2.14. The summed E-state index contributed by atoms with van der Waals surface area (Å²) in [5.74, 6) is 1.04. The van der Waals surface area contributed by atoms with Gasteiger partial charge in [0.2, 0.25) is 0 Å². The highest BCUT2D eigenvalue weighted by molar-refractivity contribution is 5.85. The van der Waals surface area contributed by atoms with Crippen LogP contribution in [0.3, 0.4) is 0 Å². The minimum absolute atomic E-state index is 0. The fourth-order valence-corrected chi connectivity index (χ4v) is 1.88. The summed E-state index contributed by atoms with van der Waals surface area (Å²) in [5, 5.41) is 4.10. The Hall–Kier alpha value is -1.69. The molecule has 7 heteroatoms. The number of benzene rings is 1. The number of alkyl halides is 2. The lowest BCUT2D eigenvalue weighted by Gasteiger charge is -2.04. The van der Waals surface area contributed by atoms with Gasteiger partial charge in [0.1, 0.15) is 11.6 Å². The first kappa shape index (κ1) is 17.4. The van der Waals surface area contributed by atoms with Crippen LogP contribution in [0.25, 0.3) is 0 Å². The van der Waals surface area contributed by atoms with Gasteiger partial charge in [-0.15, -0.1) is 12.4 Å². The normalized spacial score (nSPS) is 15.3. The third kappa shape index (κ3) is 6.53. The molecule has 0 unspecified atom stereocenters. The molecule has 4 nitrogen and oxygen atoms in total. The van der Waals surface area contributed by atoms with Crippen molar-refractivity contribution < 1.29 is 13.5 Å². The van der Waals surface area contributed by atoms with Crippen LogP contribution in [0, 0.1) is 0 Å². The highest BCUT2D eigenvalue weighted by atomic mass is 35.5. The van der Waals surface area contributed by atoms with E-state index >= 15 is 0 Å². The monoisotopic (exact) mass is 317 g/mol. The zero-order chi connectivity index (χ0) is 14.2. The molecule has 0 saturated carbocycles. The van der Waals surface area contributed by atoms with Crippen molar-refractivity contribution in [2.24, 2.45) is 10.1 Å². The minimum Gasteiger partial charge on any atom is -0.435 e. The molecule has 0 radical (unpaired) electrons. The number of nitrogens with zero attached hydrogens (tertiary/aromatic N) is 2. The second-order valence-corrected chi connectivity index (χ2v) is 4.46. The molecular weight excluding hydrogens is 300 g/mol. The van der Waals surface area contributed by atoms with Gasteiger partial charge in [-0.25, -0.2) is 0 Å². The number of hydrazone groups is 1. The lowest BCUT2D eigenvalue weighted by atomic mass is 10.2. The zero-order valence-electron chi connectivity index (χ0n) is 11.5. The Kier molecular flexibility index (Phi) is 7.68. The van der Waals surface area contributed by atoms with Gasteiger partial charge in [-0.1, -0.05) is 6.42 Å². The Morgan fingerprint density at radius 3 is 2.67 bits per heavy atom. The van der Waals surface area contributed by atoms with E-state index in [-0.39, 0.29) is 18.2 Å². The molecule has 0 saturated heterocycles. The summed E-state index contributed by atoms with van der Waals surface area (Å²) in [6.45, 7) is -1.96. The summed E-state index contributed by atoms with van der Waals surface area (Å²) in [4.78, 5) is 4.39. The zero-order valence-corrected chi connectivity index (χ0v) is 12.3. The van der Waals surface area contributed by atoms with Crippen molar-refractivity contribution in [1.82, 2.24) is 5.43 Å². The van der Waals surface area contributed by atoms with Gasteiger partial charge in [0.25, 0.3) is 0 Å². The molecule has 0 amide bonds. The molecule has 116 valence electrons. The summed E-state index contributed by atoms with van der Waals surface area (Å²) in [5.41, 5.74) is 3.72. The van der Waals surface area contributed by atoms with Gasteiger partial charge in [0, 0.05) is 13.0 Å². The van der Waals surface area contributed by atoms with Crippen LogP contribution in [0.5, 0.6) is 5.75 Å². The molecule has 0 fully saturated rings. The molecule has 1 aromatic carbocycles. The van der Waals surface area contributed by atoms with Gasteiger partial charge in [-0.05, 0) is 42.7 Å².